The minimum atomic E-state index is -5.50. The van der Waals surface area contributed by atoms with E-state index in [9.17, 15) is 14.2 Å². The van der Waals surface area contributed by atoms with Crippen LogP contribution >= 0.6 is 15.2 Å². The standard InChI is InChI=1S/C5H10N2O8P2/c6-4-7-3(2-15-4)1-5(8,16(9,10)11)17(12,13)14/h2,8H,1H2,(H2,6,7)(H2,9,10,11)(H2,12,13,14). The summed E-state index contributed by atoms with van der Waals surface area (Å²) in [4.78, 5) is 38.7. The Morgan fingerprint density at radius 1 is 1.29 bits per heavy atom. The van der Waals surface area contributed by atoms with Crippen LogP contribution in [0.25, 0.3) is 0 Å². The van der Waals surface area contributed by atoms with Gasteiger partial charge in [0.1, 0.15) is 6.26 Å². The molecule has 0 bridgehead atoms. The first-order valence-electron chi connectivity index (χ1n) is 4.01. The molecule has 10 nitrogen and oxygen atoms in total. The van der Waals surface area contributed by atoms with Gasteiger partial charge in [0.2, 0.25) is 0 Å². The Morgan fingerprint density at radius 2 is 1.76 bits per heavy atom. The molecule has 0 aliphatic heterocycles. The molecular formula is C5H10N2O8P2. The van der Waals surface area contributed by atoms with Crippen LogP contribution in [0.15, 0.2) is 10.7 Å². The van der Waals surface area contributed by atoms with Gasteiger partial charge < -0.3 is 34.8 Å². The van der Waals surface area contributed by atoms with Crippen LogP contribution in [0.5, 0.6) is 0 Å². The second kappa shape index (κ2) is 4.18. The molecule has 0 amide bonds. The predicted molar refractivity (Wildman–Crippen MR) is 53.7 cm³/mol. The number of nitrogen functional groups attached to an aromatic ring is 1. The molecule has 17 heavy (non-hydrogen) atoms. The number of aliphatic hydroxyl groups is 1. The Bertz CT molecular complexity index is 478. The predicted octanol–water partition coefficient (Wildman–Crippen LogP) is -1.20. The SMILES string of the molecule is Nc1nc(CC(O)(P(=O)(O)O)P(=O)(O)O)co1. The zero-order valence-electron chi connectivity index (χ0n) is 8.16. The fourth-order valence-corrected chi connectivity index (χ4v) is 3.12. The van der Waals surface area contributed by atoms with E-state index >= 15 is 0 Å². The van der Waals surface area contributed by atoms with Gasteiger partial charge in [0.25, 0.3) is 11.1 Å². The van der Waals surface area contributed by atoms with Crippen LogP contribution < -0.4 is 5.73 Å². The molecule has 0 saturated heterocycles. The molecule has 0 unspecified atom stereocenters. The van der Waals surface area contributed by atoms with Gasteiger partial charge in [-0.1, -0.05) is 0 Å². The number of nitrogens with two attached hydrogens (primary N) is 1. The van der Waals surface area contributed by atoms with Gasteiger partial charge in [-0.05, 0) is 0 Å². The number of nitrogens with zero attached hydrogens (tertiary/aromatic N) is 1. The Morgan fingerprint density at radius 3 is 2.06 bits per heavy atom. The topological polar surface area (TPSA) is 187 Å². The third-order valence-electron chi connectivity index (χ3n) is 1.92. The first-order chi connectivity index (χ1) is 7.47. The number of oxazole rings is 1. The average molecular weight is 288 g/mol. The summed E-state index contributed by atoms with van der Waals surface area (Å²) in [5.74, 6) is 0. The normalized spacial score (nSPS) is 13.9. The highest BCUT2D eigenvalue weighted by atomic mass is 31.2. The van der Waals surface area contributed by atoms with Crippen LogP contribution in [0.3, 0.4) is 0 Å². The van der Waals surface area contributed by atoms with Crippen LogP contribution in [-0.4, -0.2) is 34.7 Å². The van der Waals surface area contributed by atoms with Crippen molar-refractivity contribution in [3.8, 4) is 0 Å². The van der Waals surface area contributed by atoms with Crippen molar-refractivity contribution in [3.63, 3.8) is 0 Å². The lowest BCUT2D eigenvalue weighted by Crippen LogP contribution is -2.31. The van der Waals surface area contributed by atoms with Gasteiger partial charge in [0.15, 0.2) is 0 Å². The van der Waals surface area contributed by atoms with Gasteiger partial charge in [-0.3, -0.25) is 9.13 Å². The highest BCUT2D eigenvalue weighted by Gasteiger charge is 2.59. The van der Waals surface area contributed by atoms with E-state index in [4.69, 9.17) is 25.3 Å². The molecule has 98 valence electrons. The van der Waals surface area contributed by atoms with E-state index in [1.54, 1.807) is 0 Å². The van der Waals surface area contributed by atoms with Gasteiger partial charge in [-0.15, -0.1) is 0 Å². The number of hydrogen-bond donors (Lipinski definition) is 6. The highest BCUT2D eigenvalue weighted by Crippen LogP contribution is 2.68. The number of rotatable bonds is 4. The van der Waals surface area contributed by atoms with E-state index in [1.165, 1.54) is 0 Å². The zero-order chi connectivity index (χ0) is 13.5. The maximum absolute atomic E-state index is 11.0. The summed E-state index contributed by atoms with van der Waals surface area (Å²) in [6.45, 7) is 0. The Kier molecular flexibility index (Phi) is 3.52. The van der Waals surface area contributed by atoms with Crippen LogP contribution in [0.1, 0.15) is 5.69 Å². The molecule has 7 N–H and O–H groups in total. The van der Waals surface area contributed by atoms with Crippen molar-refractivity contribution in [1.82, 2.24) is 4.98 Å². The monoisotopic (exact) mass is 288 g/mol. The molecule has 0 saturated carbocycles. The Hall–Kier alpha value is -0.730. The van der Waals surface area contributed by atoms with Crippen molar-refractivity contribution >= 4 is 21.2 Å². The second-order valence-electron chi connectivity index (χ2n) is 3.22. The number of anilines is 1. The van der Waals surface area contributed by atoms with Gasteiger partial charge in [0, 0.05) is 6.42 Å². The summed E-state index contributed by atoms with van der Waals surface area (Å²) in [5.41, 5.74) is 4.77. The molecule has 1 aromatic rings. The third kappa shape index (κ3) is 2.75. The summed E-state index contributed by atoms with van der Waals surface area (Å²) in [7, 11) is -11.0. The van der Waals surface area contributed by atoms with Crippen molar-refractivity contribution in [3.05, 3.63) is 12.0 Å². The van der Waals surface area contributed by atoms with Crippen molar-refractivity contribution in [1.29, 1.82) is 0 Å². The smallest absolute Gasteiger partial charge is 0.369 e. The van der Waals surface area contributed by atoms with Crippen LogP contribution in [-0.2, 0) is 15.6 Å². The lowest BCUT2D eigenvalue weighted by atomic mass is 10.3. The number of aromatic nitrogens is 1. The van der Waals surface area contributed by atoms with Crippen molar-refractivity contribution < 1.29 is 38.2 Å². The van der Waals surface area contributed by atoms with Crippen LogP contribution in [0.4, 0.5) is 6.01 Å². The summed E-state index contributed by atoms with van der Waals surface area (Å²) in [6, 6.07) is -0.362. The molecule has 0 radical (unpaired) electrons. The largest absolute Gasteiger partial charge is 0.432 e. The van der Waals surface area contributed by atoms with E-state index in [1.807, 2.05) is 0 Å². The highest BCUT2D eigenvalue weighted by molar-refractivity contribution is 7.72. The molecule has 12 heteroatoms. The molecule has 0 fully saturated rings. The van der Waals surface area contributed by atoms with Gasteiger partial charge in [-0.25, -0.2) is 0 Å². The minimum Gasteiger partial charge on any atom is -0.432 e. The quantitative estimate of drug-likeness (QED) is 0.367. The van der Waals surface area contributed by atoms with E-state index in [2.05, 4.69) is 9.40 Å². The molecule has 0 aliphatic carbocycles. The summed E-state index contributed by atoms with van der Waals surface area (Å²) in [6.07, 6.45) is -0.270. The minimum absolute atomic E-state index is 0.295. The fraction of sp³-hybridized carbons (Fsp3) is 0.400. The van der Waals surface area contributed by atoms with Gasteiger partial charge >= 0.3 is 15.2 Å². The van der Waals surface area contributed by atoms with Crippen molar-refractivity contribution in [2.75, 3.05) is 5.73 Å². The Labute approximate surface area is 94.4 Å². The summed E-state index contributed by atoms with van der Waals surface area (Å²) >= 11 is 0. The van der Waals surface area contributed by atoms with Crippen LogP contribution in [0, 0.1) is 0 Å². The third-order valence-corrected chi connectivity index (χ3v) is 5.67. The first-order valence-corrected chi connectivity index (χ1v) is 7.23. The molecule has 1 rings (SSSR count). The molecule has 1 heterocycles. The van der Waals surface area contributed by atoms with E-state index in [0.717, 1.165) is 6.26 Å². The molecule has 0 atom stereocenters. The second-order valence-corrected chi connectivity index (χ2v) is 7.22. The van der Waals surface area contributed by atoms with Gasteiger partial charge in [-0.2, -0.15) is 4.98 Å². The summed E-state index contributed by atoms with van der Waals surface area (Å²) < 4.78 is 26.4. The Balaban J connectivity index is 3.19. The van der Waals surface area contributed by atoms with Crippen molar-refractivity contribution in [2.24, 2.45) is 0 Å². The summed E-state index contributed by atoms with van der Waals surface area (Å²) in [5, 5.41) is 5.95. The molecule has 0 aromatic carbocycles. The molecular weight excluding hydrogens is 278 g/mol. The van der Waals surface area contributed by atoms with Gasteiger partial charge in [0.05, 0.1) is 5.69 Å². The maximum atomic E-state index is 11.0. The van der Waals surface area contributed by atoms with Crippen LogP contribution in [0.2, 0.25) is 0 Å². The lowest BCUT2D eigenvalue weighted by molar-refractivity contribution is 0.130. The van der Waals surface area contributed by atoms with E-state index < -0.39 is 26.7 Å². The average Bonchev–Trinajstić information content (AvgIpc) is 2.47. The fourth-order valence-electron chi connectivity index (χ4n) is 1.02. The lowest BCUT2D eigenvalue weighted by Gasteiger charge is -2.28. The van der Waals surface area contributed by atoms with E-state index in [0.29, 0.717) is 0 Å². The maximum Gasteiger partial charge on any atom is 0.369 e. The zero-order valence-corrected chi connectivity index (χ0v) is 9.95. The van der Waals surface area contributed by atoms with Crippen molar-refractivity contribution in [2.45, 2.75) is 11.5 Å². The first kappa shape index (κ1) is 14.3. The molecule has 0 spiro atoms. The molecule has 0 aliphatic rings. The molecule has 1 aromatic heterocycles. The van der Waals surface area contributed by atoms with E-state index in [-0.39, 0.29) is 11.7 Å². The number of hydrogen-bond acceptors (Lipinski definition) is 6.